The number of alkyl halides is 6. The van der Waals surface area contributed by atoms with E-state index >= 15 is 0 Å². The summed E-state index contributed by atoms with van der Waals surface area (Å²) in [7, 11) is 0. The molecule has 0 bridgehead atoms. The smallest absolute Gasteiger partial charge is 0.454 e. The third-order valence-corrected chi connectivity index (χ3v) is 1.04. The predicted octanol–water partition coefficient (Wildman–Crippen LogP) is 3.47. The van der Waals surface area contributed by atoms with Crippen molar-refractivity contribution >= 4 is 5.78 Å². The van der Waals surface area contributed by atoms with Crippen LogP contribution >= 0.6 is 0 Å². The number of aliphatic hydroxyl groups excluding tert-OH is 1. The van der Waals surface area contributed by atoms with Crippen LogP contribution < -0.4 is 0 Å². The fraction of sp³-hybridized carbons (Fsp3) is 0.333. The Kier molecular flexibility index (Phi) is 10.8. The van der Waals surface area contributed by atoms with Crippen LogP contribution in [-0.2, 0) is 21.9 Å². The van der Waals surface area contributed by atoms with Gasteiger partial charge in [0.15, 0.2) is 0 Å². The van der Waals surface area contributed by atoms with E-state index in [1.54, 1.807) is 6.08 Å². The summed E-state index contributed by atoms with van der Waals surface area (Å²) in [4.78, 5) is 9.86. The molecule has 1 N–H and O–H groups in total. The first-order valence-corrected chi connectivity index (χ1v) is 3.86. The topological polar surface area (TPSA) is 37.3 Å². The third-order valence-electron chi connectivity index (χ3n) is 1.04. The van der Waals surface area contributed by atoms with Gasteiger partial charge in [0, 0.05) is 23.1 Å². The Bertz CT molecular complexity index is 336. The number of hydrogen-bond donors (Lipinski definition) is 1. The molecule has 9 heteroatoms. The molecular weight excluding hydrogens is 318 g/mol. The zero-order valence-electron chi connectivity index (χ0n) is 8.79. The van der Waals surface area contributed by atoms with Crippen molar-refractivity contribution in [3.05, 3.63) is 30.2 Å². The molecule has 0 aromatic heterocycles. The first-order valence-electron chi connectivity index (χ1n) is 3.86. The van der Waals surface area contributed by atoms with Crippen molar-refractivity contribution in [1.82, 2.24) is 0 Å². The molecule has 0 aliphatic heterocycles. The number of allylic oxidation sites excluding steroid dienone is 3. The van der Waals surface area contributed by atoms with Gasteiger partial charge in [0.25, 0.3) is 5.78 Å². The van der Waals surface area contributed by atoms with Crippen LogP contribution in [0.3, 0.4) is 0 Å². The zero-order valence-corrected chi connectivity index (χ0v) is 9.73. The second kappa shape index (κ2) is 8.85. The Labute approximate surface area is 109 Å². The van der Waals surface area contributed by atoms with E-state index < -0.39 is 30.0 Å². The van der Waals surface area contributed by atoms with Gasteiger partial charge in [0.2, 0.25) is 5.76 Å². The molecule has 18 heavy (non-hydrogen) atoms. The van der Waals surface area contributed by atoms with Crippen molar-refractivity contribution in [2.75, 3.05) is 0 Å². The quantitative estimate of drug-likeness (QED) is 0.263. The average molecular weight is 326 g/mol. The van der Waals surface area contributed by atoms with Crippen LogP contribution in [0.1, 0.15) is 6.92 Å². The van der Waals surface area contributed by atoms with Crippen molar-refractivity contribution in [1.29, 1.82) is 0 Å². The summed E-state index contributed by atoms with van der Waals surface area (Å²) >= 11 is 0. The van der Waals surface area contributed by atoms with Crippen LogP contribution in [0, 0.1) is 0 Å². The molecule has 2 nitrogen and oxygen atoms in total. The van der Waals surface area contributed by atoms with Crippen LogP contribution in [0.5, 0.6) is 0 Å². The van der Waals surface area contributed by atoms with Crippen molar-refractivity contribution in [2.24, 2.45) is 0 Å². The molecule has 1 radical (unpaired) electrons. The minimum Gasteiger partial charge on any atom is -0.504 e. The number of carbonyl (C=O) groups is 1. The Hall–Kier alpha value is -1.17. The molecule has 0 rings (SSSR count). The molecule has 0 atom stereocenters. The standard InChI is InChI=1S/C5H2F6O2.C4H6.Cu/c6-4(7,8)2(12)1-3(13)5(9,10)11;1-3-4-2;/h1,12H;4H,1H2,2H3;/b2-1-;;. The van der Waals surface area contributed by atoms with Gasteiger partial charge >= 0.3 is 12.4 Å². The number of ketones is 1. The molecule has 0 aromatic carbocycles. The number of carbonyl (C=O) groups excluding carboxylic acids is 1. The van der Waals surface area contributed by atoms with Gasteiger partial charge in [-0.2, -0.15) is 26.3 Å². The van der Waals surface area contributed by atoms with Gasteiger partial charge in [-0.25, -0.2) is 0 Å². The number of hydrogen-bond acceptors (Lipinski definition) is 2. The number of rotatable bonds is 1. The Morgan fingerprint density at radius 3 is 1.67 bits per heavy atom. The largest absolute Gasteiger partial charge is 0.504 e. The molecule has 0 unspecified atom stereocenters. The average Bonchev–Trinajstić information content (AvgIpc) is 2.15. The summed E-state index contributed by atoms with van der Waals surface area (Å²) in [6.07, 6.45) is -9.92. The van der Waals surface area contributed by atoms with Gasteiger partial charge in [-0.05, 0) is 13.0 Å². The van der Waals surface area contributed by atoms with Crippen LogP contribution in [0.4, 0.5) is 26.3 Å². The summed E-state index contributed by atoms with van der Waals surface area (Å²) in [5, 5.41) is 7.93. The second-order valence-corrected chi connectivity index (χ2v) is 2.38. The minimum absolute atomic E-state index is 0. The number of halogens is 6. The SMILES string of the molecule is C=C=CC.O=C(/C=C(\O)C(F)(F)F)C(F)(F)F.[Cu]. The van der Waals surface area contributed by atoms with E-state index in [-0.39, 0.29) is 17.1 Å². The van der Waals surface area contributed by atoms with Crippen molar-refractivity contribution < 1.29 is 53.3 Å². The van der Waals surface area contributed by atoms with Gasteiger partial charge < -0.3 is 5.11 Å². The predicted molar refractivity (Wildman–Crippen MR) is 47.2 cm³/mol. The van der Waals surface area contributed by atoms with Gasteiger partial charge in [-0.3, -0.25) is 4.79 Å². The molecule has 0 aromatic rings. The van der Waals surface area contributed by atoms with E-state index in [2.05, 4.69) is 12.3 Å². The molecule has 0 saturated carbocycles. The molecule has 0 aliphatic carbocycles. The molecule has 0 fully saturated rings. The van der Waals surface area contributed by atoms with E-state index in [4.69, 9.17) is 5.11 Å². The molecule has 0 heterocycles. The first kappa shape index (κ1) is 22.0. The fourth-order valence-electron chi connectivity index (χ4n) is 0.288. The molecule has 0 saturated heterocycles. The number of aliphatic hydroxyl groups is 1. The van der Waals surface area contributed by atoms with Gasteiger partial charge in [0.1, 0.15) is 0 Å². The maximum atomic E-state index is 11.4. The van der Waals surface area contributed by atoms with E-state index in [0.29, 0.717) is 0 Å². The summed E-state index contributed by atoms with van der Waals surface area (Å²) in [6, 6.07) is 0. The molecule has 0 aliphatic rings. The van der Waals surface area contributed by atoms with Gasteiger partial charge in [-0.1, -0.05) is 6.58 Å². The molecule has 109 valence electrons. The van der Waals surface area contributed by atoms with Crippen LogP contribution in [0.15, 0.2) is 30.2 Å². The summed E-state index contributed by atoms with van der Waals surface area (Å²) in [5.74, 6) is -5.34. The molecule has 0 spiro atoms. The van der Waals surface area contributed by atoms with Crippen LogP contribution in [0.2, 0.25) is 0 Å². The first-order chi connectivity index (χ1) is 7.46. The van der Waals surface area contributed by atoms with Crippen molar-refractivity contribution in [3.8, 4) is 0 Å². The van der Waals surface area contributed by atoms with E-state index in [9.17, 15) is 31.1 Å². The van der Waals surface area contributed by atoms with Gasteiger partial charge in [-0.15, -0.1) is 5.73 Å². The van der Waals surface area contributed by atoms with Gasteiger partial charge in [0.05, 0.1) is 0 Å². The van der Waals surface area contributed by atoms with Crippen molar-refractivity contribution in [2.45, 2.75) is 19.3 Å². The Balaban J connectivity index is -0.000000392. The van der Waals surface area contributed by atoms with Crippen LogP contribution in [0.25, 0.3) is 0 Å². The Morgan fingerprint density at radius 2 is 1.50 bits per heavy atom. The normalized spacial score (nSPS) is 11.4. The Morgan fingerprint density at radius 1 is 1.17 bits per heavy atom. The monoisotopic (exact) mass is 325 g/mol. The van der Waals surface area contributed by atoms with E-state index in [1.165, 1.54) is 0 Å². The maximum Gasteiger partial charge on any atom is 0.454 e. The molecular formula is C9H8CuF6O2. The summed E-state index contributed by atoms with van der Waals surface area (Å²) in [6.45, 7) is 5.18. The fourth-order valence-corrected chi connectivity index (χ4v) is 0.288. The third kappa shape index (κ3) is 11.3. The summed E-state index contributed by atoms with van der Waals surface area (Å²) < 4.78 is 68.1. The van der Waals surface area contributed by atoms with Crippen molar-refractivity contribution in [3.63, 3.8) is 0 Å². The zero-order chi connectivity index (χ0) is 14.3. The molecule has 0 amide bonds. The van der Waals surface area contributed by atoms with E-state index in [1.807, 2.05) is 6.92 Å². The van der Waals surface area contributed by atoms with Crippen LogP contribution in [-0.4, -0.2) is 23.2 Å². The van der Waals surface area contributed by atoms with E-state index in [0.717, 1.165) is 0 Å². The maximum absolute atomic E-state index is 11.4. The minimum atomic E-state index is -5.42. The second-order valence-electron chi connectivity index (χ2n) is 2.38. The summed E-state index contributed by atoms with van der Waals surface area (Å²) in [5.41, 5.74) is 2.56.